The average Bonchev–Trinajstić information content (AvgIpc) is 3.11. The van der Waals surface area contributed by atoms with E-state index < -0.39 is 0 Å². The summed E-state index contributed by atoms with van der Waals surface area (Å²) in [5, 5.41) is 8.63. The van der Waals surface area contributed by atoms with Crippen molar-refractivity contribution in [2.24, 2.45) is 0 Å². The third-order valence-corrected chi connectivity index (χ3v) is 6.18. The second kappa shape index (κ2) is 7.80. The van der Waals surface area contributed by atoms with Crippen molar-refractivity contribution in [3.63, 3.8) is 0 Å². The number of amides is 1. The van der Waals surface area contributed by atoms with Crippen LogP contribution < -0.4 is 0 Å². The van der Waals surface area contributed by atoms with Crippen LogP contribution in [0.3, 0.4) is 0 Å². The van der Waals surface area contributed by atoms with Crippen LogP contribution in [0.5, 0.6) is 0 Å². The van der Waals surface area contributed by atoms with Crippen molar-refractivity contribution in [2.45, 2.75) is 23.7 Å². The molecule has 1 aromatic carbocycles. The van der Waals surface area contributed by atoms with Gasteiger partial charge in [0.15, 0.2) is 5.65 Å². The summed E-state index contributed by atoms with van der Waals surface area (Å²) in [6, 6.07) is 14.0. The monoisotopic (exact) mass is 430 g/mol. The molecule has 1 aliphatic rings. The topological polar surface area (TPSA) is 50.5 Å². The minimum Gasteiger partial charge on any atom is -0.341 e. The van der Waals surface area contributed by atoms with Crippen LogP contribution in [0.4, 0.5) is 0 Å². The van der Waals surface area contributed by atoms with E-state index in [0.717, 1.165) is 46.8 Å². The van der Waals surface area contributed by atoms with Gasteiger partial charge in [0, 0.05) is 34.6 Å². The molecule has 7 heteroatoms. The van der Waals surface area contributed by atoms with Gasteiger partial charge in [-0.3, -0.25) is 9.20 Å². The molecule has 0 aliphatic carbocycles. The lowest BCUT2D eigenvalue weighted by atomic mass is 9.97. The fourth-order valence-corrected chi connectivity index (χ4v) is 4.39. The van der Waals surface area contributed by atoms with Gasteiger partial charge in [-0.15, -0.1) is 22.0 Å². The average molecular weight is 431 g/mol. The molecule has 1 saturated heterocycles. The van der Waals surface area contributed by atoms with Crippen molar-refractivity contribution in [1.29, 1.82) is 0 Å². The van der Waals surface area contributed by atoms with Crippen molar-refractivity contribution in [2.75, 3.05) is 18.8 Å². The molecule has 0 N–H and O–H groups in total. The maximum absolute atomic E-state index is 12.7. The molecule has 1 fully saturated rings. The quantitative estimate of drug-likeness (QED) is 0.587. The van der Waals surface area contributed by atoms with Crippen molar-refractivity contribution >= 4 is 39.2 Å². The molecule has 134 valence electrons. The molecule has 2 aromatic heterocycles. The van der Waals surface area contributed by atoms with Crippen molar-refractivity contribution in [1.82, 2.24) is 19.5 Å². The van der Waals surface area contributed by atoms with E-state index in [2.05, 4.69) is 26.1 Å². The predicted molar refractivity (Wildman–Crippen MR) is 106 cm³/mol. The minimum atomic E-state index is 0.191. The van der Waals surface area contributed by atoms with E-state index in [1.165, 1.54) is 0 Å². The summed E-state index contributed by atoms with van der Waals surface area (Å²) in [4.78, 5) is 15.8. The van der Waals surface area contributed by atoms with E-state index >= 15 is 0 Å². The predicted octanol–water partition coefficient (Wildman–Crippen LogP) is 3.99. The first kappa shape index (κ1) is 17.5. The smallest absolute Gasteiger partial charge is 0.232 e. The number of aromatic nitrogens is 3. The number of benzene rings is 1. The maximum Gasteiger partial charge on any atom is 0.232 e. The number of carbonyl (C=O) groups is 1. The lowest BCUT2D eigenvalue weighted by Crippen LogP contribution is -2.40. The van der Waals surface area contributed by atoms with Crippen LogP contribution in [0.15, 0.2) is 58.0 Å². The Balaban J connectivity index is 1.41. The summed E-state index contributed by atoms with van der Waals surface area (Å²) < 4.78 is 3.09. The van der Waals surface area contributed by atoms with Gasteiger partial charge in [-0.2, -0.15) is 0 Å². The van der Waals surface area contributed by atoms with Crippen LogP contribution in [0, 0.1) is 0 Å². The number of nitrogens with zero attached hydrogens (tertiary/aromatic N) is 4. The fraction of sp³-hybridized carbons (Fsp3) is 0.316. The number of halogens is 1. The molecule has 1 atom stereocenters. The SMILES string of the molecule is O=C(CSc1ccc(Br)cc1)N1CCCC(c2nnc3ccccn23)C1. The number of piperidine rings is 1. The Morgan fingerprint density at radius 1 is 1.19 bits per heavy atom. The van der Waals surface area contributed by atoms with E-state index in [1.807, 2.05) is 58.0 Å². The minimum absolute atomic E-state index is 0.191. The highest BCUT2D eigenvalue weighted by Crippen LogP contribution is 2.27. The first-order valence-corrected chi connectivity index (χ1v) is 10.4. The maximum atomic E-state index is 12.7. The molecular weight excluding hydrogens is 412 g/mol. The fourth-order valence-electron chi connectivity index (χ4n) is 3.32. The van der Waals surface area contributed by atoms with Gasteiger partial charge in [0.1, 0.15) is 5.82 Å². The Morgan fingerprint density at radius 2 is 2.04 bits per heavy atom. The van der Waals surface area contributed by atoms with E-state index in [-0.39, 0.29) is 11.8 Å². The highest BCUT2D eigenvalue weighted by atomic mass is 79.9. The van der Waals surface area contributed by atoms with E-state index in [9.17, 15) is 4.79 Å². The van der Waals surface area contributed by atoms with Gasteiger partial charge in [-0.25, -0.2) is 0 Å². The summed E-state index contributed by atoms with van der Waals surface area (Å²) in [6.07, 6.45) is 4.04. The zero-order valence-corrected chi connectivity index (χ0v) is 16.6. The molecule has 26 heavy (non-hydrogen) atoms. The summed E-state index contributed by atoms with van der Waals surface area (Å²) >= 11 is 5.02. The second-order valence-electron chi connectivity index (χ2n) is 6.41. The number of pyridine rings is 1. The van der Waals surface area contributed by atoms with Crippen molar-refractivity contribution < 1.29 is 4.79 Å². The van der Waals surface area contributed by atoms with Crippen LogP contribution in [-0.4, -0.2) is 44.2 Å². The summed E-state index contributed by atoms with van der Waals surface area (Å²) in [7, 11) is 0. The second-order valence-corrected chi connectivity index (χ2v) is 8.37. The number of carbonyl (C=O) groups excluding carboxylic acids is 1. The first-order valence-electron chi connectivity index (χ1n) is 8.66. The van der Waals surface area contributed by atoms with Crippen LogP contribution in [0.2, 0.25) is 0 Å². The number of fused-ring (bicyclic) bond motifs is 1. The van der Waals surface area contributed by atoms with Crippen molar-refractivity contribution in [3.05, 3.63) is 59.0 Å². The molecule has 0 radical (unpaired) electrons. The van der Waals surface area contributed by atoms with Gasteiger partial charge >= 0.3 is 0 Å². The molecular formula is C19H19BrN4OS. The van der Waals surface area contributed by atoms with Gasteiger partial charge in [0.05, 0.1) is 5.75 Å². The highest BCUT2D eigenvalue weighted by molar-refractivity contribution is 9.10. The molecule has 0 bridgehead atoms. The molecule has 3 heterocycles. The van der Waals surface area contributed by atoms with Crippen LogP contribution >= 0.6 is 27.7 Å². The third-order valence-electron chi connectivity index (χ3n) is 4.66. The standard InChI is InChI=1S/C19H19BrN4OS/c20-15-6-8-16(9-7-15)26-13-18(25)23-10-3-4-14(12-23)19-22-21-17-5-1-2-11-24(17)19/h1-2,5-9,11,14H,3-4,10,12-13H2. The summed E-state index contributed by atoms with van der Waals surface area (Å²) in [6.45, 7) is 1.54. The van der Waals surface area contributed by atoms with Gasteiger partial charge in [0.2, 0.25) is 5.91 Å². The number of likely N-dealkylation sites (tertiary alicyclic amines) is 1. The largest absolute Gasteiger partial charge is 0.341 e. The number of hydrogen-bond acceptors (Lipinski definition) is 4. The Morgan fingerprint density at radius 3 is 2.88 bits per heavy atom. The van der Waals surface area contributed by atoms with Gasteiger partial charge in [-0.1, -0.05) is 22.0 Å². The molecule has 1 amide bonds. The lowest BCUT2D eigenvalue weighted by molar-refractivity contribution is -0.129. The molecule has 0 saturated carbocycles. The van der Waals surface area contributed by atoms with Crippen LogP contribution in [-0.2, 0) is 4.79 Å². The third kappa shape index (κ3) is 3.78. The Kier molecular flexibility index (Phi) is 5.26. The normalized spacial score (nSPS) is 17.6. The number of hydrogen-bond donors (Lipinski definition) is 0. The molecule has 0 spiro atoms. The van der Waals surface area contributed by atoms with Gasteiger partial charge in [0.25, 0.3) is 0 Å². The Hall–Kier alpha value is -1.86. The first-order chi connectivity index (χ1) is 12.7. The van der Waals surface area contributed by atoms with Crippen LogP contribution in [0.1, 0.15) is 24.6 Å². The van der Waals surface area contributed by atoms with Gasteiger partial charge < -0.3 is 4.90 Å². The van der Waals surface area contributed by atoms with E-state index in [0.29, 0.717) is 5.75 Å². The summed E-state index contributed by atoms with van der Waals surface area (Å²) in [5.41, 5.74) is 0.858. The highest BCUT2D eigenvalue weighted by Gasteiger charge is 2.27. The van der Waals surface area contributed by atoms with Crippen LogP contribution in [0.25, 0.3) is 5.65 Å². The molecule has 3 aromatic rings. The van der Waals surface area contributed by atoms with Gasteiger partial charge in [-0.05, 0) is 49.2 Å². The lowest BCUT2D eigenvalue weighted by Gasteiger charge is -2.32. The molecule has 5 nitrogen and oxygen atoms in total. The number of thioether (sulfide) groups is 1. The molecule has 1 unspecified atom stereocenters. The zero-order valence-electron chi connectivity index (χ0n) is 14.2. The summed E-state index contributed by atoms with van der Waals surface area (Å²) in [5.74, 6) is 1.85. The van der Waals surface area contributed by atoms with E-state index in [1.54, 1.807) is 11.8 Å². The Bertz CT molecular complexity index is 911. The van der Waals surface area contributed by atoms with E-state index in [4.69, 9.17) is 0 Å². The molecule has 1 aliphatic heterocycles. The van der Waals surface area contributed by atoms with Crippen molar-refractivity contribution in [3.8, 4) is 0 Å². The zero-order chi connectivity index (χ0) is 17.9. The number of rotatable bonds is 4. The Labute approximate surface area is 164 Å². The molecule has 4 rings (SSSR count).